The van der Waals surface area contributed by atoms with E-state index in [2.05, 4.69) is 20.8 Å². The van der Waals surface area contributed by atoms with Crippen LogP contribution in [0.25, 0.3) is 0 Å². The van der Waals surface area contributed by atoms with E-state index in [0.717, 1.165) is 0 Å². The minimum Gasteiger partial charge on any atom is -0.342 e. The monoisotopic (exact) mass is 387 g/mol. The summed E-state index contributed by atoms with van der Waals surface area (Å²) in [4.78, 5) is 28.3. The number of rotatable bonds is 8. The van der Waals surface area contributed by atoms with Crippen molar-refractivity contribution in [2.75, 3.05) is 11.5 Å². The molecule has 0 saturated carbocycles. The van der Waals surface area contributed by atoms with Gasteiger partial charge < -0.3 is 20.9 Å². The Kier molecular flexibility index (Phi) is 7.14. The molecule has 1 aromatic rings. The SMILES string of the molecule is CC(C)c1noc([C@@H](N)CSSC[C@@H]2NC(=O)C(C(C)C)NC2=O)n1. The molecule has 0 aromatic carbocycles. The summed E-state index contributed by atoms with van der Waals surface area (Å²) >= 11 is 0. The molecule has 4 N–H and O–H groups in total. The third-order valence-electron chi connectivity index (χ3n) is 3.74. The van der Waals surface area contributed by atoms with Crippen LogP contribution in [-0.2, 0) is 9.59 Å². The summed E-state index contributed by atoms with van der Waals surface area (Å²) in [7, 11) is 2.99. The molecular weight excluding hydrogens is 362 g/mol. The molecule has 0 aliphatic carbocycles. The largest absolute Gasteiger partial charge is 0.342 e. The molecular formula is C15H25N5O3S2. The van der Waals surface area contributed by atoms with Crippen molar-refractivity contribution in [1.82, 2.24) is 20.8 Å². The second-order valence-corrected chi connectivity index (χ2v) is 9.16. The molecule has 10 heteroatoms. The molecule has 1 fully saturated rings. The molecule has 25 heavy (non-hydrogen) atoms. The van der Waals surface area contributed by atoms with E-state index >= 15 is 0 Å². The van der Waals surface area contributed by atoms with Crippen LogP contribution in [0, 0.1) is 5.92 Å². The molecule has 2 amide bonds. The molecule has 0 bridgehead atoms. The molecule has 1 unspecified atom stereocenters. The van der Waals surface area contributed by atoms with Crippen LogP contribution in [0.1, 0.15) is 51.4 Å². The van der Waals surface area contributed by atoms with Gasteiger partial charge in [-0.15, -0.1) is 0 Å². The van der Waals surface area contributed by atoms with Gasteiger partial charge in [-0.05, 0) is 5.92 Å². The van der Waals surface area contributed by atoms with E-state index in [9.17, 15) is 9.59 Å². The highest BCUT2D eigenvalue weighted by Crippen LogP contribution is 2.27. The van der Waals surface area contributed by atoms with E-state index in [1.54, 1.807) is 0 Å². The minimum atomic E-state index is -0.521. The van der Waals surface area contributed by atoms with E-state index in [0.29, 0.717) is 23.2 Å². The predicted octanol–water partition coefficient (Wildman–Crippen LogP) is 1.21. The van der Waals surface area contributed by atoms with Gasteiger partial charge in [-0.2, -0.15) is 4.98 Å². The zero-order valence-corrected chi connectivity index (χ0v) is 16.4. The molecule has 0 radical (unpaired) electrons. The number of piperazine rings is 1. The zero-order valence-electron chi connectivity index (χ0n) is 14.8. The number of hydrogen-bond acceptors (Lipinski definition) is 8. The number of carbonyl (C=O) groups is 2. The Labute approximate surface area is 155 Å². The summed E-state index contributed by atoms with van der Waals surface area (Å²) in [6.07, 6.45) is 0. The summed E-state index contributed by atoms with van der Waals surface area (Å²) in [5.41, 5.74) is 6.05. The fourth-order valence-electron chi connectivity index (χ4n) is 2.17. The highest BCUT2D eigenvalue weighted by molar-refractivity contribution is 8.76. The van der Waals surface area contributed by atoms with E-state index in [1.807, 2.05) is 27.7 Å². The predicted molar refractivity (Wildman–Crippen MR) is 98.9 cm³/mol. The first kappa shape index (κ1) is 20.1. The maximum absolute atomic E-state index is 12.1. The van der Waals surface area contributed by atoms with Gasteiger partial charge in [-0.3, -0.25) is 9.59 Å². The Morgan fingerprint density at radius 3 is 2.48 bits per heavy atom. The Hall–Kier alpha value is -1.26. The Balaban J connectivity index is 1.73. The number of carbonyl (C=O) groups excluding carboxylic acids is 2. The van der Waals surface area contributed by atoms with Crippen LogP contribution in [-0.4, -0.2) is 45.5 Å². The molecule has 1 aromatic heterocycles. The highest BCUT2D eigenvalue weighted by atomic mass is 33.1. The van der Waals surface area contributed by atoms with Crippen LogP contribution >= 0.6 is 21.6 Å². The van der Waals surface area contributed by atoms with E-state index < -0.39 is 12.1 Å². The maximum Gasteiger partial charge on any atom is 0.244 e. The first-order chi connectivity index (χ1) is 11.8. The van der Waals surface area contributed by atoms with Crippen molar-refractivity contribution in [3.63, 3.8) is 0 Å². The van der Waals surface area contributed by atoms with Crippen molar-refractivity contribution >= 4 is 33.4 Å². The van der Waals surface area contributed by atoms with Crippen LogP contribution < -0.4 is 16.4 Å². The number of nitrogens with two attached hydrogens (primary N) is 1. The lowest BCUT2D eigenvalue weighted by molar-refractivity contribution is -0.137. The molecule has 8 nitrogen and oxygen atoms in total. The number of hydrogen-bond donors (Lipinski definition) is 3. The summed E-state index contributed by atoms with van der Waals surface area (Å²) < 4.78 is 5.17. The molecule has 3 atom stereocenters. The number of nitrogens with one attached hydrogen (secondary N) is 2. The number of amides is 2. The van der Waals surface area contributed by atoms with Gasteiger partial charge in [0.1, 0.15) is 12.1 Å². The molecule has 1 aliphatic rings. The van der Waals surface area contributed by atoms with Crippen LogP contribution in [0.4, 0.5) is 0 Å². The Morgan fingerprint density at radius 2 is 1.88 bits per heavy atom. The normalized spacial score (nSPS) is 22.2. The van der Waals surface area contributed by atoms with Gasteiger partial charge in [0.2, 0.25) is 17.7 Å². The summed E-state index contributed by atoms with van der Waals surface area (Å²) in [6, 6.07) is -1.34. The van der Waals surface area contributed by atoms with Crippen LogP contribution in [0.2, 0.25) is 0 Å². The van der Waals surface area contributed by atoms with Gasteiger partial charge in [-0.25, -0.2) is 0 Å². The highest BCUT2D eigenvalue weighted by Gasteiger charge is 2.35. The van der Waals surface area contributed by atoms with E-state index in [1.165, 1.54) is 21.6 Å². The van der Waals surface area contributed by atoms with Gasteiger partial charge in [-0.1, -0.05) is 54.4 Å². The van der Waals surface area contributed by atoms with Crippen molar-refractivity contribution in [3.8, 4) is 0 Å². The lowest BCUT2D eigenvalue weighted by Gasteiger charge is -2.31. The van der Waals surface area contributed by atoms with Gasteiger partial charge in [0.15, 0.2) is 5.82 Å². The topological polar surface area (TPSA) is 123 Å². The summed E-state index contributed by atoms with van der Waals surface area (Å²) in [5.74, 6) is 2.08. The van der Waals surface area contributed by atoms with Crippen molar-refractivity contribution in [2.24, 2.45) is 11.7 Å². The van der Waals surface area contributed by atoms with Crippen molar-refractivity contribution in [2.45, 2.75) is 51.7 Å². The fraction of sp³-hybridized carbons (Fsp3) is 0.733. The fourth-order valence-corrected chi connectivity index (χ4v) is 4.45. The smallest absolute Gasteiger partial charge is 0.244 e. The molecule has 140 valence electrons. The van der Waals surface area contributed by atoms with Gasteiger partial charge in [0.25, 0.3) is 0 Å². The molecule has 1 aliphatic heterocycles. The third kappa shape index (κ3) is 5.35. The van der Waals surface area contributed by atoms with Crippen LogP contribution in [0.15, 0.2) is 4.52 Å². The first-order valence-corrected chi connectivity index (χ1v) is 10.7. The average molecular weight is 388 g/mol. The van der Waals surface area contributed by atoms with Gasteiger partial charge in [0.05, 0.1) is 6.04 Å². The molecule has 2 rings (SSSR count). The summed E-state index contributed by atoms with van der Waals surface area (Å²) in [5, 5.41) is 9.44. The molecule has 1 saturated heterocycles. The second kappa shape index (κ2) is 8.91. The Bertz CT molecular complexity index is 608. The van der Waals surface area contributed by atoms with Crippen molar-refractivity contribution in [3.05, 3.63) is 11.7 Å². The van der Waals surface area contributed by atoms with Crippen molar-refractivity contribution < 1.29 is 14.1 Å². The first-order valence-electron chi connectivity index (χ1n) is 8.23. The van der Waals surface area contributed by atoms with Crippen LogP contribution in [0.5, 0.6) is 0 Å². The zero-order chi connectivity index (χ0) is 18.6. The summed E-state index contributed by atoms with van der Waals surface area (Å²) in [6.45, 7) is 7.77. The van der Waals surface area contributed by atoms with E-state index in [4.69, 9.17) is 10.3 Å². The van der Waals surface area contributed by atoms with Crippen LogP contribution in [0.3, 0.4) is 0 Å². The van der Waals surface area contributed by atoms with Gasteiger partial charge in [0, 0.05) is 17.4 Å². The minimum absolute atomic E-state index is 0.0649. The van der Waals surface area contributed by atoms with Gasteiger partial charge >= 0.3 is 0 Å². The number of aromatic nitrogens is 2. The maximum atomic E-state index is 12.1. The molecule has 2 heterocycles. The third-order valence-corrected chi connectivity index (χ3v) is 6.18. The standard InChI is InChI=1S/C15H25N5O3S2/c1-7(2)11-14(22)17-10(13(21)18-11)6-25-24-5-9(16)15-19-12(8(3)4)20-23-15/h7-11H,5-6,16H2,1-4H3,(H,17,22)(H,18,21)/t9-,10-,11?/m0/s1. The van der Waals surface area contributed by atoms with E-state index in [-0.39, 0.29) is 29.7 Å². The van der Waals surface area contributed by atoms with Crippen molar-refractivity contribution in [1.29, 1.82) is 0 Å². The quantitative estimate of drug-likeness (QED) is 0.449. The number of nitrogens with zero attached hydrogens (tertiary/aromatic N) is 2. The average Bonchev–Trinajstić information content (AvgIpc) is 3.04. The lowest BCUT2D eigenvalue weighted by Crippen LogP contribution is -2.63. The molecule has 0 spiro atoms. The second-order valence-electron chi connectivity index (χ2n) is 6.61. The Morgan fingerprint density at radius 1 is 1.16 bits per heavy atom. The lowest BCUT2D eigenvalue weighted by atomic mass is 10.0.